The van der Waals surface area contributed by atoms with E-state index in [1.807, 2.05) is 51.1 Å². The number of hydrogen-bond donors (Lipinski definition) is 1. The van der Waals surface area contributed by atoms with Gasteiger partial charge in [0.05, 0.1) is 10.0 Å². The quantitative estimate of drug-likeness (QED) is 0.462. The lowest BCUT2D eigenvalue weighted by molar-refractivity contribution is -0.157. The first-order valence-corrected chi connectivity index (χ1v) is 13.7. The van der Waals surface area contributed by atoms with Crippen LogP contribution < -0.4 is 9.47 Å². The highest BCUT2D eigenvalue weighted by Crippen LogP contribution is 2.30. The standard InChI is InChI=1S/C29H36BrNO6/c1-29(2,3)37-27(33)18-36-26-16-21(4-6-23(26)30)14-20-9-12-31(13-10-20)11-8-19-5-7-25-22(15-19)28(34)24(32)17-35-25/h4-7,15-16,20,24,32H,8-14,17-18H2,1-3H3. The molecule has 2 aromatic carbocycles. The Morgan fingerprint density at radius 3 is 2.59 bits per heavy atom. The molecule has 2 aliphatic heterocycles. The highest BCUT2D eigenvalue weighted by molar-refractivity contribution is 9.10. The van der Waals surface area contributed by atoms with Crippen LogP contribution in [-0.4, -0.2) is 66.3 Å². The second-order valence-electron chi connectivity index (χ2n) is 10.9. The van der Waals surface area contributed by atoms with Crippen LogP contribution in [0.5, 0.6) is 11.5 Å². The van der Waals surface area contributed by atoms with Gasteiger partial charge in [-0.15, -0.1) is 0 Å². The Morgan fingerprint density at radius 1 is 1.14 bits per heavy atom. The van der Waals surface area contributed by atoms with E-state index in [4.69, 9.17) is 14.2 Å². The summed E-state index contributed by atoms with van der Waals surface area (Å²) < 4.78 is 17.3. The highest BCUT2D eigenvalue weighted by Gasteiger charge is 2.27. The molecule has 200 valence electrons. The molecule has 7 nitrogen and oxygen atoms in total. The van der Waals surface area contributed by atoms with E-state index in [0.29, 0.717) is 23.0 Å². The Hall–Kier alpha value is -2.42. The van der Waals surface area contributed by atoms with E-state index < -0.39 is 11.7 Å². The third-order valence-corrected chi connectivity index (χ3v) is 7.37. The minimum Gasteiger partial charge on any atom is -0.490 e. The zero-order chi connectivity index (χ0) is 26.6. The average molecular weight is 575 g/mol. The first-order chi connectivity index (χ1) is 17.6. The summed E-state index contributed by atoms with van der Waals surface area (Å²) in [5.41, 5.74) is 2.23. The summed E-state index contributed by atoms with van der Waals surface area (Å²) in [4.78, 5) is 26.7. The summed E-state index contributed by atoms with van der Waals surface area (Å²) in [6.07, 6.45) is 2.99. The molecule has 0 aromatic heterocycles. The van der Waals surface area contributed by atoms with E-state index in [-0.39, 0.29) is 25.0 Å². The van der Waals surface area contributed by atoms with E-state index in [2.05, 4.69) is 26.9 Å². The number of fused-ring (bicyclic) bond motifs is 1. The molecule has 1 fully saturated rings. The molecule has 0 amide bonds. The number of ketones is 1. The molecule has 0 radical (unpaired) electrons. The fourth-order valence-electron chi connectivity index (χ4n) is 4.80. The van der Waals surface area contributed by atoms with Gasteiger partial charge in [0.1, 0.15) is 23.7 Å². The monoisotopic (exact) mass is 573 g/mol. The first-order valence-electron chi connectivity index (χ1n) is 12.9. The molecular formula is C29H36BrNO6. The Morgan fingerprint density at radius 2 is 1.86 bits per heavy atom. The topological polar surface area (TPSA) is 85.3 Å². The normalized spacial score (nSPS) is 18.7. The van der Waals surface area contributed by atoms with E-state index >= 15 is 0 Å². The second-order valence-corrected chi connectivity index (χ2v) is 11.8. The van der Waals surface area contributed by atoms with Gasteiger partial charge >= 0.3 is 5.97 Å². The van der Waals surface area contributed by atoms with Crippen molar-refractivity contribution in [1.82, 2.24) is 4.90 Å². The molecule has 1 N–H and O–H groups in total. The Labute approximate surface area is 227 Å². The number of nitrogens with zero attached hydrogens (tertiary/aromatic N) is 1. The molecule has 0 aliphatic carbocycles. The lowest BCUT2D eigenvalue weighted by Crippen LogP contribution is -2.36. The van der Waals surface area contributed by atoms with Gasteiger partial charge in [0, 0.05) is 6.54 Å². The van der Waals surface area contributed by atoms with Crippen molar-refractivity contribution in [2.45, 2.75) is 58.2 Å². The number of ether oxygens (including phenoxy) is 3. The number of carbonyl (C=O) groups is 2. The Bertz CT molecular complexity index is 1120. The predicted molar refractivity (Wildman–Crippen MR) is 144 cm³/mol. The lowest BCUT2D eigenvalue weighted by Gasteiger charge is -2.32. The first kappa shape index (κ1) is 27.6. The van der Waals surface area contributed by atoms with E-state index in [0.717, 1.165) is 55.4 Å². The van der Waals surface area contributed by atoms with Gasteiger partial charge in [0.2, 0.25) is 0 Å². The molecule has 2 heterocycles. The maximum absolute atomic E-state index is 12.2. The maximum Gasteiger partial charge on any atom is 0.344 e. The number of aliphatic hydroxyl groups is 1. The molecule has 0 bridgehead atoms. The van der Waals surface area contributed by atoms with Gasteiger partial charge in [0.15, 0.2) is 18.5 Å². The highest BCUT2D eigenvalue weighted by atomic mass is 79.9. The molecular weight excluding hydrogens is 538 g/mol. The minimum atomic E-state index is -1.07. The van der Waals surface area contributed by atoms with Gasteiger partial charge in [-0.1, -0.05) is 12.1 Å². The number of aliphatic hydroxyl groups excluding tert-OH is 1. The number of piperidine rings is 1. The molecule has 0 spiro atoms. The third kappa shape index (κ3) is 7.79. The SMILES string of the molecule is CC(C)(C)OC(=O)COc1cc(CC2CCN(CCc3ccc4c(c3)C(=O)C(O)CO4)CC2)ccc1Br. The van der Waals surface area contributed by atoms with Crippen LogP contribution in [0.15, 0.2) is 40.9 Å². The number of benzene rings is 2. The Kier molecular flexibility index (Phi) is 8.93. The summed E-state index contributed by atoms with van der Waals surface area (Å²) in [5.74, 6) is 1.17. The maximum atomic E-state index is 12.2. The smallest absolute Gasteiger partial charge is 0.344 e. The number of esters is 1. The van der Waals surface area contributed by atoms with Crippen LogP contribution in [0.1, 0.15) is 55.1 Å². The summed E-state index contributed by atoms with van der Waals surface area (Å²) in [6, 6.07) is 11.8. The molecule has 0 saturated carbocycles. The summed E-state index contributed by atoms with van der Waals surface area (Å²) in [5, 5.41) is 9.78. The van der Waals surface area contributed by atoms with Crippen molar-refractivity contribution in [3.8, 4) is 11.5 Å². The number of hydrogen-bond acceptors (Lipinski definition) is 7. The molecule has 8 heteroatoms. The Balaban J connectivity index is 1.24. The predicted octanol–water partition coefficient (Wildman–Crippen LogP) is 4.60. The van der Waals surface area contributed by atoms with Crippen molar-refractivity contribution in [3.05, 3.63) is 57.6 Å². The zero-order valence-corrected chi connectivity index (χ0v) is 23.4. The molecule has 1 unspecified atom stereocenters. The third-order valence-electron chi connectivity index (χ3n) is 6.72. The van der Waals surface area contributed by atoms with Crippen molar-refractivity contribution in [1.29, 1.82) is 0 Å². The lowest BCUT2D eigenvalue weighted by atomic mass is 9.90. The molecule has 1 saturated heterocycles. The van der Waals surface area contributed by atoms with Gasteiger partial charge in [-0.2, -0.15) is 0 Å². The molecule has 4 rings (SSSR count). The van der Waals surface area contributed by atoms with E-state index in [1.54, 1.807) is 0 Å². The fraction of sp³-hybridized carbons (Fsp3) is 0.517. The summed E-state index contributed by atoms with van der Waals surface area (Å²) in [6.45, 7) is 8.43. The molecule has 37 heavy (non-hydrogen) atoms. The number of likely N-dealkylation sites (tertiary alicyclic amines) is 1. The van der Waals surface area contributed by atoms with Crippen molar-refractivity contribution in [2.75, 3.05) is 32.8 Å². The number of rotatable bonds is 8. The number of halogens is 1. The zero-order valence-electron chi connectivity index (χ0n) is 21.8. The van der Waals surface area contributed by atoms with Gasteiger partial charge in [0.25, 0.3) is 0 Å². The minimum absolute atomic E-state index is 0.0286. The number of carbonyl (C=O) groups excluding carboxylic acids is 2. The van der Waals surface area contributed by atoms with E-state index in [1.165, 1.54) is 5.56 Å². The van der Waals surface area contributed by atoms with Crippen LogP contribution in [0.2, 0.25) is 0 Å². The molecule has 1 atom stereocenters. The molecule has 2 aliphatic rings. The van der Waals surface area contributed by atoms with Gasteiger partial charge in [-0.25, -0.2) is 4.79 Å². The van der Waals surface area contributed by atoms with Gasteiger partial charge in [-0.3, -0.25) is 4.79 Å². The van der Waals surface area contributed by atoms with Crippen LogP contribution in [0.25, 0.3) is 0 Å². The van der Waals surface area contributed by atoms with Crippen LogP contribution in [0, 0.1) is 5.92 Å². The summed E-state index contributed by atoms with van der Waals surface area (Å²) in [7, 11) is 0. The van der Waals surface area contributed by atoms with E-state index in [9.17, 15) is 14.7 Å². The van der Waals surface area contributed by atoms with Crippen molar-refractivity contribution >= 4 is 27.7 Å². The fourth-order valence-corrected chi connectivity index (χ4v) is 5.16. The molecule has 2 aromatic rings. The second kappa shape index (κ2) is 12.0. The van der Waals surface area contributed by atoms with Crippen LogP contribution >= 0.6 is 15.9 Å². The van der Waals surface area contributed by atoms with Crippen molar-refractivity contribution < 1.29 is 28.9 Å². The van der Waals surface area contributed by atoms with Crippen LogP contribution in [-0.2, 0) is 22.4 Å². The average Bonchev–Trinajstić information content (AvgIpc) is 2.85. The van der Waals surface area contributed by atoms with Crippen molar-refractivity contribution in [3.63, 3.8) is 0 Å². The van der Waals surface area contributed by atoms with Gasteiger partial charge < -0.3 is 24.2 Å². The number of Topliss-reactive ketones (excluding diaryl/α,β-unsaturated/α-hetero) is 1. The van der Waals surface area contributed by atoms with Crippen molar-refractivity contribution in [2.24, 2.45) is 5.92 Å². The van der Waals surface area contributed by atoms with Gasteiger partial charge in [-0.05, 0) is 117 Å². The van der Waals surface area contributed by atoms with Crippen LogP contribution in [0.3, 0.4) is 0 Å². The largest absolute Gasteiger partial charge is 0.490 e. The summed E-state index contributed by atoms with van der Waals surface area (Å²) >= 11 is 3.52. The van der Waals surface area contributed by atoms with Crippen LogP contribution in [0.4, 0.5) is 0 Å².